The zero-order chi connectivity index (χ0) is 17.5. The van der Waals surface area contributed by atoms with E-state index in [0.717, 1.165) is 16.9 Å². The van der Waals surface area contributed by atoms with Crippen LogP contribution in [-0.4, -0.2) is 17.8 Å². The summed E-state index contributed by atoms with van der Waals surface area (Å²) in [6, 6.07) is 10.5. The molecule has 0 amide bonds. The third-order valence-corrected chi connectivity index (χ3v) is 5.48. The Morgan fingerprint density at radius 1 is 1.04 bits per heavy atom. The molecule has 0 fully saturated rings. The summed E-state index contributed by atoms with van der Waals surface area (Å²) < 4.78 is 29.8. The Kier molecular flexibility index (Phi) is 3.87. The van der Waals surface area contributed by atoms with E-state index in [2.05, 4.69) is 30.5 Å². The molecule has 0 aliphatic heterocycles. The van der Waals surface area contributed by atoms with Crippen molar-refractivity contribution in [1.29, 1.82) is 0 Å². The zero-order valence-electron chi connectivity index (χ0n) is 14.2. The van der Waals surface area contributed by atoms with Gasteiger partial charge in [0.25, 0.3) is 10.0 Å². The van der Waals surface area contributed by atoms with Gasteiger partial charge < -0.3 is 4.40 Å². The van der Waals surface area contributed by atoms with Crippen LogP contribution in [0.1, 0.15) is 32.0 Å². The maximum atomic E-state index is 12.7. The van der Waals surface area contributed by atoms with Gasteiger partial charge >= 0.3 is 0 Å². The number of hydrogen-bond donors (Lipinski definition) is 1. The number of aryl methyl sites for hydroxylation is 1. The maximum Gasteiger partial charge on any atom is 0.261 e. The molecule has 3 aromatic rings. The lowest BCUT2D eigenvalue weighted by Crippen LogP contribution is -2.16. The lowest BCUT2D eigenvalue weighted by Gasteiger charge is -2.19. The summed E-state index contributed by atoms with van der Waals surface area (Å²) in [7, 11) is -3.63. The minimum Gasteiger partial charge on any atom is -0.302 e. The highest BCUT2D eigenvalue weighted by molar-refractivity contribution is 7.92. The van der Waals surface area contributed by atoms with Crippen molar-refractivity contribution >= 4 is 21.4 Å². The van der Waals surface area contributed by atoms with Crippen molar-refractivity contribution in [1.82, 2.24) is 9.38 Å². The second-order valence-corrected chi connectivity index (χ2v) is 8.55. The number of nitrogens with zero attached hydrogens (tertiary/aromatic N) is 2. The number of benzene rings is 1. The van der Waals surface area contributed by atoms with Crippen molar-refractivity contribution in [2.75, 3.05) is 4.72 Å². The molecule has 0 saturated heterocycles. The fourth-order valence-electron chi connectivity index (χ4n) is 2.58. The summed E-state index contributed by atoms with van der Waals surface area (Å²) in [6.45, 7) is 8.14. The van der Waals surface area contributed by atoms with Gasteiger partial charge in [0.15, 0.2) is 0 Å². The molecule has 5 nitrogen and oxygen atoms in total. The van der Waals surface area contributed by atoms with Crippen LogP contribution in [0.5, 0.6) is 0 Å². The molecule has 2 aromatic heterocycles. The molecule has 0 bridgehead atoms. The fourth-order valence-corrected chi connectivity index (χ4v) is 3.69. The summed E-state index contributed by atoms with van der Waals surface area (Å²) in [6.07, 6.45) is 3.49. The largest absolute Gasteiger partial charge is 0.302 e. The first-order valence-electron chi connectivity index (χ1n) is 7.74. The molecule has 126 valence electrons. The number of hydrogen-bond acceptors (Lipinski definition) is 3. The van der Waals surface area contributed by atoms with E-state index in [9.17, 15) is 8.42 Å². The Labute approximate surface area is 142 Å². The van der Waals surface area contributed by atoms with E-state index in [4.69, 9.17) is 0 Å². The van der Waals surface area contributed by atoms with E-state index >= 15 is 0 Å². The van der Waals surface area contributed by atoms with Gasteiger partial charge in [0.2, 0.25) is 0 Å². The van der Waals surface area contributed by atoms with Crippen molar-refractivity contribution in [2.24, 2.45) is 0 Å². The van der Waals surface area contributed by atoms with Gasteiger partial charge in [0.05, 0.1) is 10.6 Å². The summed E-state index contributed by atoms with van der Waals surface area (Å²) in [5.74, 6) is 0. The number of anilines is 1. The molecule has 3 rings (SSSR count). The molecular weight excluding hydrogens is 322 g/mol. The topological polar surface area (TPSA) is 63.5 Å². The normalized spacial score (nSPS) is 12.5. The molecule has 0 atom stereocenters. The highest BCUT2D eigenvalue weighted by atomic mass is 32.2. The lowest BCUT2D eigenvalue weighted by molar-refractivity contribution is 0.587. The standard InChI is InChI=1S/C18H21N3O2S/c1-13-16(9-10-17-19-11-12-21(13)17)20-24(22,23)15-7-5-14(6-8-15)18(2,3)4/h5-12,20H,1-4H3. The molecule has 0 aliphatic carbocycles. The van der Waals surface area contributed by atoms with Crippen molar-refractivity contribution < 1.29 is 8.42 Å². The number of nitrogens with one attached hydrogen (secondary N) is 1. The van der Waals surface area contributed by atoms with Gasteiger partial charge in [-0.3, -0.25) is 4.72 Å². The van der Waals surface area contributed by atoms with E-state index < -0.39 is 10.0 Å². The average Bonchev–Trinajstić information content (AvgIpc) is 2.99. The Morgan fingerprint density at radius 3 is 2.33 bits per heavy atom. The van der Waals surface area contributed by atoms with Gasteiger partial charge in [-0.05, 0) is 42.2 Å². The maximum absolute atomic E-state index is 12.7. The van der Waals surface area contributed by atoms with Gasteiger partial charge in [0.1, 0.15) is 5.65 Å². The van der Waals surface area contributed by atoms with Crippen LogP contribution in [0.2, 0.25) is 0 Å². The predicted molar refractivity (Wildman–Crippen MR) is 95.9 cm³/mol. The molecule has 0 saturated carbocycles. The van der Waals surface area contributed by atoms with Crippen molar-refractivity contribution in [3.63, 3.8) is 0 Å². The van der Waals surface area contributed by atoms with E-state index in [-0.39, 0.29) is 10.3 Å². The van der Waals surface area contributed by atoms with Gasteiger partial charge in [-0.15, -0.1) is 0 Å². The first kappa shape index (κ1) is 16.5. The van der Waals surface area contributed by atoms with Gasteiger partial charge in [0, 0.05) is 18.1 Å². The van der Waals surface area contributed by atoms with Crippen molar-refractivity contribution in [3.8, 4) is 0 Å². The Hall–Kier alpha value is -2.34. The highest BCUT2D eigenvalue weighted by Crippen LogP contribution is 2.25. The Balaban J connectivity index is 1.94. The first-order valence-corrected chi connectivity index (χ1v) is 9.23. The summed E-state index contributed by atoms with van der Waals surface area (Å²) >= 11 is 0. The Bertz CT molecular complexity index is 981. The number of imidazole rings is 1. The number of fused-ring (bicyclic) bond motifs is 1. The van der Waals surface area contributed by atoms with E-state index in [0.29, 0.717) is 5.69 Å². The zero-order valence-corrected chi connectivity index (χ0v) is 15.1. The van der Waals surface area contributed by atoms with Crippen LogP contribution in [-0.2, 0) is 15.4 Å². The van der Waals surface area contributed by atoms with Crippen LogP contribution in [0.4, 0.5) is 5.69 Å². The quantitative estimate of drug-likeness (QED) is 0.788. The third kappa shape index (κ3) is 3.01. The number of pyridine rings is 1. The Morgan fingerprint density at radius 2 is 1.71 bits per heavy atom. The molecule has 0 radical (unpaired) electrons. The van der Waals surface area contributed by atoms with E-state index in [1.54, 1.807) is 36.7 Å². The van der Waals surface area contributed by atoms with Crippen LogP contribution in [0, 0.1) is 6.92 Å². The average molecular weight is 343 g/mol. The van der Waals surface area contributed by atoms with Gasteiger partial charge in [-0.2, -0.15) is 0 Å². The number of sulfonamides is 1. The molecule has 0 spiro atoms. The van der Waals surface area contributed by atoms with Crippen LogP contribution >= 0.6 is 0 Å². The monoisotopic (exact) mass is 343 g/mol. The van der Waals surface area contributed by atoms with Crippen molar-refractivity contribution in [2.45, 2.75) is 38.0 Å². The highest BCUT2D eigenvalue weighted by Gasteiger charge is 2.18. The van der Waals surface area contributed by atoms with Crippen LogP contribution in [0.15, 0.2) is 53.7 Å². The second kappa shape index (κ2) is 5.63. The summed E-state index contributed by atoms with van der Waals surface area (Å²) in [4.78, 5) is 4.44. The molecular formula is C18H21N3O2S. The molecule has 0 unspecified atom stereocenters. The molecule has 0 aliphatic rings. The van der Waals surface area contributed by atoms with Crippen molar-refractivity contribution in [3.05, 3.63) is 60.0 Å². The lowest BCUT2D eigenvalue weighted by atomic mass is 9.87. The first-order chi connectivity index (χ1) is 11.2. The predicted octanol–water partition coefficient (Wildman–Crippen LogP) is 3.74. The fraction of sp³-hybridized carbons (Fsp3) is 0.278. The molecule has 24 heavy (non-hydrogen) atoms. The number of aromatic nitrogens is 2. The summed E-state index contributed by atoms with van der Waals surface area (Å²) in [5, 5.41) is 0. The van der Waals surface area contributed by atoms with Crippen LogP contribution < -0.4 is 4.72 Å². The van der Waals surface area contributed by atoms with Gasteiger partial charge in [-0.1, -0.05) is 32.9 Å². The number of rotatable bonds is 3. The minimum atomic E-state index is -3.63. The SMILES string of the molecule is Cc1c(NS(=O)(=O)c2ccc(C(C)(C)C)cc2)ccc2nccn12. The molecule has 1 aromatic carbocycles. The van der Waals surface area contributed by atoms with Crippen LogP contribution in [0.3, 0.4) is 0 Å². The second-order valence-electron chi connectivity index (χ2n) is 6.87. The van der Waals surface area contributed by atoms with Crippen LogP contribution in [0.25, 0.3) is 5.65 Å². The van der Waals surface area contributed by atoms with Gasteiger partial charge in [-0.25, -0.2) is 13.4 Å². The molecule has 2 heterocycles. The smallest absolute Gasteiger partial charge is 0.261 e. The molecule has 1 N–H and O–H groups in total. The third-order valence-electron chi connectivity index (χ3n) is 4.09. The van der Waals surface area contributed by atoms with E-state index in [1.807, 2.05) is 23.5 Å². The minimum absolute atomic E-state index is 0.0151. The molecule has 6 heteroatoms. The summed E-state index contributed by atoms with van der Waals surface area (Å²) in [5.41, 5.74) is 3.20. The van der Waals surface area contributed by atoms with E-state index in [1.165, 1.54) is 0 Å².